The number of ketones is 1. The number of pyridine rings is 1. The van der Waals surface area contributed by atoms with E-state index < -0.39 is 5.92 Å². The summed E-state index contributed by atoms with van der Waals surface area (Å²) >= 11 is 12.8. The van der Waals surface area contributed by atoms with Crippen LogP contribution in [0.3, 0.4) is 0 Å². The Morgan fingerprint density at radius 2 is 2.03 bits per heavy atom. The Morgan fingerprint density at radius 1 is 1.21 bits per heavy atom. The van der Waals surface area contributed by atoms with E-state index in [4.69, 9.17) is 23.2 Å². The molecule has 1 aromatic carbocycles. The predicted molar refractivity (Wildman–Crippen MR) is 114 cm³/mol. The molecule has 5 nitrogen and oxygen atoms in total. The van der Waals surface area contributed by atoms with E-state index in [9.17, 15) is 9.59 Å². The van der Waals surface area contributed by atoms with Crippen molar-refractivity contribution in [3.05, 3.63) is 80.9 Å². The second-order valence-corrected chi connectivity index (χ2v) is 7.89. The number of halogens is 2. The van der Waals surface area contributed by atoms with Crippen molar-refractivity contribution < 1.29 is 9.59 Å². The van der Waals surface area contributed by atoms with Crippen LogP contribution in [0, 0.1) is 0 Å². The molecule has 1 atom stereocenters. The zero-order valence-electron chi connectivity index (χ0n) is 15.8. The van der Waals surface area contributed by atoms with Crippen LogP contribution in [0.25, 0.3) is 0 Å². The Bertz CT molecular complexity index is 1060. The Labute approximate surface area is 178 Å². The lowest BCUT2D eigenvalue weighted by molar-refractivity contribution is -0.116. The number of anilines is 1. The van der Waals surface area contributed by atoms with Crippen molar-refractivity contribution >= 4 is 40.6 Å². The van der Waals surface area contributed by atoms with E-state index in [1.165, 1.54) is 0 Å². The largest absolute Gasteiger partial charge is 0.362 e. The minimum Gasteiger partial charge on any atom is -0.362 e. The first-order chi connectivity index (χ1) is 14.0. The van der Waals surface area contributed by atoms with Crippen LogP contribution in [-0.4, -0.2) is 16.7 Å². The molecule has 0 saturated carbocycles. The minimum atomic E-state index is -0.582. The number of nitrogens with one attached hydrogen (secondary N) is 2. The number of aromatic nitrogens is 1. The first kappa shape index (κ1) is 19.7. The summed E-state index contributed by atoms with van der Waals surface area (Å²) in [6, 6.07) is 8.80. The van der Waals surface area contributed by atoms with Crippen molar-refractivity contribution in [2.24, 2.45) is 0 Å². The predicted octanol–water partition coefficient (Wildman–Crippen LogP) is 5.00. The Hall–Kier alpha value is -2.63. The topological polar surface area (TPSA) is 71.1 Å². The summed E-state index contributed by atoms with van der Waals surface area (Å²) in [5.74, 6) is -0.866. The quantitative estimate of drug-likeness (QED) is 0.722. The molecule has 0 bridgehead atoms. The summed E-state index contributed by atoms with van der Waals surface area (Å²) in [7, 11) is 0. The minimum absolute atomic E-state index is 0.0268. The van der Waals surface area contributed by atoms with Crippen LogP contribution < -0.4 is 10.6 Å². The van der Waals surface area contributed by atoms with Crippen LogP contribution >= 0.6 is 23.2 Å². The summed E-state index contributed by atoms with van der Waals surface area (Å²) in [5.41, 5.74) is 3.83. The molecule has 2 N–H and O–H groups in total. The van der Waals surface area contributed by atoms with Crippen molar-refractivity contribution in [3.63, 3.8) is 0 Å². The number of nitrogens with zero attached hydrogens (tertiary/aromatic N) is 1. The van der Waals surface area contributed by atoms with Gasteiger partial charge in [0.25, 0.3) is 5.91 Å². The van der Waals surface area contributed by atoms with Gasteiger partial charge in [-0.1, -0.05) is 35.3 Å². The number of carbonyl (C=O) groups is 2. The van der Waals surface area contributed by atoms with Gasteiger partial charge < -0.3 is 10.6 Å². The third kappa shape index (κ3) is 3.68. The van der Waals surface area contributed by atoms with Gasteiger partial charge in [-0.25, -0.2) is 0 Å². The second kappa shape index (κ2) is 8.01. The van der Waals surface area contributed by atoms with Gasteiger partial charge in [-0.05, 0) is 43.5 Å². The van der Waals surface area contributed by atoms with Gasteiger partial charge in [0.05, 0.1) is 21.9 Å². The summed E-state index contributed by atoms with van der Waals surface area (Å²) in [5, 5.41) is 6.90. The molecule has 4 rings (SSSR count). The molecule has 0 saturated heterocycles. The van der Waals surface area contributed by atoms with E-state index in [0.29, 0.717) is 44.6 Å². The van der Waals surface area contributed by atoms with Gasteiger partial charge in [0, 0.05) is 41.1 Å². The summed E-state index contributed by atoms with van der Waals surface area (Å²) in [6.07, 6.45) is 5.19. The van der Waals surface area contributed by atoms with Gasteiger partial charge in [0.15, 0.2) is 5.78 Å². The highest BCUT2D eigenvalue weighted by atomic mass is 35.5. The maximum absolute atomic E-state index is 13.3. The lowest BCUT2D eigenvalue weighted by atomic mass is 9.75. The fourth-order valence-corrected chi connectivity index (χ4v) is 4.39. The fraction of sp³-hybridized carbons (Fsp3) is 0.227. The SMILES string of the molecule is CC1=C(C(=O)Nc2cccnc2)[C@H](c2cccc(Cl)c2Cl)C2=C(CCCC2=O)N1. The first-order valence-corrected chi connectivity index (χ1v) is 10.1. The van der Waals surface area contributed by atoms with E-state index in [1.807, 2.05) is 13.0 Å². The zero-order valence-corrected chi connectivity index (χ0v) is 17.3. The Morgan fingerprint density at radius 3 is 2.79 bits per heavy atom. The first-order valence-electron chi connectivity index (χ1n) is 9.36. The highest BCUT2D eigenvalue weighted by molar-refractivity contribution is 6.42. The molecule has 2 aromatic rings. The molecule has 0 unspecified atom stereocenters. The van der Waals surface area contributed by atoms with Crippen LogP contribution in [0.5, 0.6) is 0 Å². The van der Waals surface area contributed by atoms with Gasteiger partial charge in [-0.3, -0.25) is 14.6 Å². The van der Waals surface area contributed by atoms with E-state index in [-0.39, 0.29) is 11.7 Å². The summed E-state index contributed by atoms with van der Waals surface area (Å²) < 4.78 is 0. The van der Waals surface area contributed by atoms with Crippen molar-refractivity contribution in [1.82, 2.24) is 10.3 Å². The fourth-order valence-electron chi connectivity index (χ4n) is 3.97. The maximum atomic E-state index is 13.3. The average Bonchev–Trinajstić information content (AvgIpc) is 2.70. The number of amides is 1. The smallest absolute Gasteiger partial charge is 0.254 e. The number of allylic oxidation sites excluding steroid dienone is 3. The highest BCUT2D eigenvalue weighted by Crippen LogP contribution is 2.45. The monoisotopic (exact) mass is 427 g/mol. The number of carbonyl (C=O) groups excluding carboxylic acids is 2. The van der Waals surface area contributed by atoms with Crippen molar-refractivity contribution in [3.8, 4) is 0 Å². The molecule has 1 aromatic heterocycles. The van der Waals surface area contributed by atoms with Gasteiger partial charge in [0.1, 0.15) is 0 Å². The van der Waals surface area contributed by atoms with Gasteiger partial charge in [-0.2, -0.15) is 0 Å². The van der Waals surface area contributed by atoms with Crippen LogP contribution in [0.15, 0.2) is 65.3 Å². The molecule has 1 aliphatic carbocycles. The Kier molecular flexibility index (Phi) is 5.43. The van der Waals surface area contributed by atoms with Crippen molar-refractivity contribution in [2.45, 2.75) is 32.1 Å². The number of dihydropyridines is 1. The number of Topliss-reactive ketones (excluding diaryl/α,β-unsaturated/α-hetero) is 1. The number of benzene rings is 1. The van der Waals surface area contributed by atoms with Crippen LogP contribution in [-0.2, 0) is 9.59 Å². The standard InChI is InChI=1S/C22H19Cl2N3O2/c1-12-18(22(29)27-13-5-4-10-25-11-13)19(14-6-2-7-15(23)21(14)24)20-16(26-12)8-3-9-17(20)28/h2,4-7,10-11,19,26H,3,8-9H2,1H3,(H,27,29)/t19-/m0/s1. The lowest BCUT2D eigenvalue weighted by Crippen LogP contribution is -2.35. The Balaban J connectivity index is 1.84. The third-order valence-electron chi connectivity index (χ3n) is 5.23. The van der Waals surface area contributed by atoms with Gasteiger partial charge in [-0.15, -0.1) is 0 Å². The number of hydrogen-bond donors (Lipinski definition) is 2. The lowest BCUT2D eigenvalue weighted by Gasteiger charge is -2.35. The molecule has 1 aliphatic heterocycles. The summed E-state index contributed by atoms with van der Waals surface area (Å²) in [6.45, 7) is 1.84. The van der Waals surface area contributed by atoms with E-state index in [1.54, 1.807) is 36.7 Å². The van der Waals surface area contributed by atoms with Crippen molar-refractivity contribution in [1.29, 1.82) is 0 Å². The molecule has 0 fully saturated rings. The molecule has 1 amide bonds. The second-order valence-electron chi connectivity index (χ2n) is 7.10. The molecule has 2 aliphatic rings. The van der Waals surface area contributed by atoms with E-state index in [0.717, 1.165) is 18.5 Å². The molecular formula is C22H19Cl2N3O2. The molecule has 29 heavy (non-hydrogen) atoms. The van der Waals surface area contributed by atoms with E-state index in [2.05, 4.69) is 15.6 Å². The maximum Gasteiger partial charge on any atom is 0.254 e. The van der Waals surface area contributed by atoms with Crippen LogP contribution in [0.2, 0.25) is 10.0 Å². The van der Waals surface area contributed by atoms with Gasteiger partial charge in [0.2, 0.25) is 0 Å². The highest BCUT2D eigenvalue weighted by Gasteiger charge is 2.39. The molecule has 148 valence electrons. The average molecular weight is 428 g/mol. The molecule has 0 radical (unpaired) electrons. The zero-order chi connectivity index (χ0) is 20.5. The molecule has 7 heteroatoms. The number of hydrogen-bond acceptors (Lipinski definition) is 4. The number of rotatable bonds is 3. The van der Waals surface area contributed by atoms with E-state index >= 15 is 0 Å². The molecule has 0 spiro atoms. The summed E-state index contributed by atoms with van der Waals surface area (Å²) in [4.78, 5) is 30.2. The van der Waals surface area contributed by atoms with Crippen LogP contribution in [0.4, 0.5) is 5.69 Å². The van der Waals surface area contributed by atoms with Crippen LogP contribution in [0.1, 0.15) is 37.7 Å². The van der Waals surface area contributed by atoms with Crippen molar-refractivity contribution in [2.75, 3.05) is 5.32 Å². The molecule has 2 heterocycles. The normalized spacial score (nSPS) is 19.0. The third-order valence-corrected chi connectivity index (χ3v) is 6.07. The molecular weight excluding hydrogens is 409 g/mol. The van der Waals surface area contributed by atoms with Gasteiger partial charge >= 0.3 is 0 Å².